The van der Waals surface area contributed by atoms with E-state index in [2.05, 4.69) is 16.7 Å². The molecule has 0 radical (unpaired) electrons. The first kappa shape index (κ1) is 29.7. The number of benzene rings is 1. The van der Waals surface area contributed by atoms with Crippen LogP contribution >= 0.6 is 11.3 Å². The lowest BCUT2D eigenvalue weighted by Gasteiger charge is -2.33. The number of nitrogens with zero attached hydrogens (tertiary/aromatic N) is 7. The SMILES string of the molecule is C=CC(=O)N1CCn2nc(-c3nc(-c4cnc5cn(C)nc5c4)c4ccsc4c3-c3c(F)cc(F)cc3OCCOC)cc2[C@H]1C. The standard InChI is InChI=1S/C33H29F2N7O3S/c1-5-28(43)41-7-8-42-26(18(41)2)15-24(39-42)32-30(29-22(35)13-20(34)14-27(29)45-10-9-44-4)33-21(6-11-46-33)31(37-32)19-12-23-25(36-16-19)17-40(3)38-23/h5-6,11-18H,1,7-10H2,2-4H3/t18-/m1/s1. The topological polar surface area (TPSA) is 100 Å². The summed E-state index contributed by atoms with van der Waals surface area (Å²) in [5.41, 5.74) is 4.92. The molecule has 0 unspecified atom stereocenters. The number of carbonyl (C=O) groups is 1. The van der Waals surface area contributed by atoms with Gasteiger partial charge in [0.15, 0.2) is 0 Å². The van der Waals surface area contributed by atoms with Crippen molar-refractivity contribution in [2.75, 3.05) is 26.9 Å². The largest absolute Gasteiger partial charge is 0.490 e. The van der Waals surface area contributed by atoms with Gasteiger partial charge in [-0.1, -0.05) is 6.58 Å². The van der Waals surface area contributed by atoms with Crippen LogP contribution in [0.4, 0.5) is 8.78 Å². The Morgan fingerprint density at radius 2 is 1.96 bits per heavy atom. The van der Waals surface area contributed by atoms with Gasteiger partial charge in [0.1, 0.15) is 46.4 Å². The Labute approximate surface area is 266 Å². The van der Waals surface area contributed by atoms with Crippen molar-refractivity contribution in [3.63, 3.8) is 0 Å². The highest BCUT2D eigenvalue weighted by Gasteiger charge is 2.31. The maximum Gasteiger partial charge on any atom is 0.246 e. The minimum atomic E-state index is -0.797. The van der Waals surface area contributed by atoms with E-state index >= 15 is 4.39 Å². The first-order chi connectivity index (χ1) is 22.3. The van der Waals surface area contributed by atoms with E-state index in [0.717, 1.165) is 28.2 Å². The molecule has 1 aliphatic rings. The zero-order valence-electron chi connectivity index (χ0n) is 25.3. The average molecular weight is 642 g/mol. The highest BCUT2D eigenvalue weighted by atomic mass is 32.1. The molecule has 234 valence electrons. The molecule has 6 heterocycles. The summed E-state index contributed by atoms with van der Waals surface area (Å²) in [5, 5.41) is 12.1. The number of thiophene rings is 1. The van der Waals surface area contributed by atoms with Gasteiger partial charge in [0.25, 0.3) is 0 Å². The van der Waals surface area contributed by atoms with E-state index in [1.807, 2.05) is 48.4 Å². The number of methoxy groups -OCH3 is 1. The van der Waals surface area contributed by atoms with Gasteiger partial charge in [-0.15, -0.1) is 11.3 Å². The van der Waals surface area contributed by atoms with Gasteiger partial charge >= 0.3 is 0 Å². The average Bonchev–Trinajstić information content (AvgIpc) is 3.78. The third-order valence-electron chi connectivity index (χ3n) is 8.13. The van der Waals surface area contributed by atoms with Crippen molar-refractivity contribution < 1.29 is 23.0 Å². The molecule has 46 heavy (non-hydrogen) atoms. The Balaban J connectivity index is 1.50. The van der Waals surface area contributed by atoms with Gasteiger partial charge in [0, 0.05) is 60.2 Å². The molecular formula is C33H29F2N7O3S. The summed E-state index contributed by atoms with van der Waals surface area (Å²) in [5.74, 6) is -1.72. The number of pyridine rings is 2. The second-order valence-corrected chi connectivity index (χ2v) is 11.9. The number of fused-ring (bicyclic) bond motifs is 3. The van der Waals surface area contributed by atoms with Crippen LogP contribution in [0.5, 0.6) is 5.75 Å². The highest BCUT2D eigenvalue weighted by Crippen LogP contribution is 2.47. The van der Waals surface area contributed by atoms with E-state index in [-0.39, 0.29) is 36.5 Å². The Morgan fingerprint density at radius 1 is 1.11 bits per heavy atom. The monoisotopic (exact) mass is 641 g/mol. The fraction of sp³-hybridized carbons (Fsp3) is 0.242. The summed E-state index contributed by atoms with van der Waals surface area (Å²) < 4.78 is 45.9. The van der Waals surface area contributed by atoms with Gasteiger partial charge in [0.2, 0.25) is 5.91 Å². The Morgan fingerprint density at radius 3 is 2.76 bits per heavy atom. The summed E-state index contributed by atoms with van der Waals surface area (Å²) in [6.07, 6.45) is 4.87. The maximum absolute atomic E-state index is 16.0. The van der Waals surface area contributed by atoms with Crippen molar-refractivity contribution >= 4 is 38.4 Å². The van der Waals surface area contributed by atoms with Crippen LogP contribution in [0, 0.1) is 11.6 Å². The molecule has 0 spiro atoms. The molecule has 1 atom stereocenters. The molecule has 0 bridgehead atoms. The summed E-state index contributed by atoms with van der Waals surface area (Å²) >= 11 is 1.41. The van der Waals surface area contributed by atoms with E-state index in [1.54, 1.807) is 15.8 Å². The van der Waals surface area contributed by atoms with Crippen LogP contribution in [-0.2, 0) is 23.1 Å². The number of carbonyl (C=O) groups excluding carboxylic acids is 1. The fourth-order valence-electron chi connectivity index (χ4n) is 5.99. The molecule has 0 fully saturated rings. The van der Waals surface area contributed by atoms with Crippen LogP contribution in [0.2, 0.25) is 0 Å². The van der Waals surface area contributed by atoms with Crippen molar-refractivity contribution in [3.8, 4) is 39.5 Å². The zero-order chi connectivity index (χ0) is 32.1. The molecule has 7 rings (SSSR count). The lowest BCUT2D eigenvalue weighted by atomic mass is 9.96. The van der Waals surface area contributed by atoms with Crippen molar-refractivity contribution in [2.24, 2.45) is 7.05 Å². The Kier molecular flexibility index (Phi) is 7.57. The molecule has 1 aromatic carbocycles. The van der Waals surface area contributed by atoms with Crippen molar-refractivity contribution in [1.29, 1.82) is 0 Å². The summed E-state index contributed by atoms with van der Waals surface area (Å²) in [6.45, 7) is 6.79. The number of hydrogen-bond donors (Lipinski definition) is 0. The molecule has 0 N–H and O–H groups in total. The molecule has 6 aromatic rings. The molecule has 1 amide bonds. The lowest BCUT2D eigenvalue weighted by molar-refractivity contribution is -0.129. The first-order valence-electron chi connectivity index (χ1n) is 14.6. The molecule has 0 saturated heterocycles. The maximum atomic E-state index is 16.0. The van der Waals surface area contributed by atoms with Gasteiger partial charge in [-0.05, 0) is 36.6 Å². The van der Waals surface area contributed by atoms with Crippen molar-refractivity contribution in [1.82, 2.24) is 34.4 Å². The summed E-state index contributed by atoms with van der Waals surface area (Å²) in [6, 6.07) is 7.43. The number of rotatable bonds is 8. The zero-order valence-corrected chi connectivity index (χ0v) is 26.1. The predicted octanol–water partition coefficient (Wildman–Crippen LogP) is 6.17. The Hall–Kier alpha value is -5.01. The minimum absolute atomic E-state index is 0.0247. The van der Waals surface area contributed by atoms with E-state index in [1.165, 1.54) is 30.6 Å². The molecule has 13 heteroatoms. The second-order valence-electron chi connectivity index (χ2n) is 11.0. The number of ether oxygens (including phenoxy) is 2. The number of halogens is 2. The third kappa shape index (κ3) is 5.01. The van der Waals surface area contributed by atoms with Crippen LogP contribution in [-0.4, -0.2) is 67.2 Å². The lowest BCUT2D eigenvalue weighted by Crippen LogP contribution is -2.40. The van der Waals surface area contributed by atoms with Gasteiger partial charge < -0.3 is 14.4 Å². The number of aromatic nitrogens is 6. The van der Waals surface area contributed by atoms with Crippen LogP contribution < -0.4 is 4.74 Å². The van der Waals surface area contributed by atoms with E-state index < -0.39 is 11.6 Å². The van der Waals surface area contributed by atoms with E-state index in [4.69, 9.17) is 19.6 Å². The van der Waals surface area contributed by atoms with Crippen molar-refractivity contribution in [2.45, 2.75) is 19.5 Å². The fourth-order valence-corrected chi connectivity index (χ4v) is 6.94. The van der Waals surface area contributed by atoms with Crippen LogP contribution in [0.15, 0.2) is 60.8 Å². The van der Waals surface area contributed by atoms with Crippen LogP contribution in [0.3, 0.4) is 0 Å². The Bertz CT molecular complexity index is 2150. The quantitative estimate of drug-likeness (QED) is 0.145. The van der Waals surface area contributed by atoms with Gasteiger partial charge in [-0.3, -0.25) is 19.1 Å². The minimum Gasteiger partial charge on any atom is -0.490 e. The normalized spacial score (nSPS) is 14.6. The number of amides is 1. The summed E-state index contributed by atoms with van der Waals surface area (Å²) in [4.78, 5) is 24.1. The molecule has 0 aliphatic carbocycles. The predicted molar refractivity (Wildman–Crippen MR) is 171 cm³/mol. The van der Waals surface area contributed by atoms with E-state index in [9.17, 15) is 9.18 Å². The first-order valence-corrected chi connectivity index (χ1v) is 15.5. The molecular weight excluding hydrogens is 612 g/mol. The van der Waals surface area contributed by atoms with Crippen molar-refractivity contribution in [3.05, 3.63) is 78.1 Å². The van der Waals surface area contributed by atoms with Gasteiger partial charge in [-0.2, -0.15) is 10.2 Å². The van der Waals surface area contributed by atoms with Crippen LogP contribution in [0.25, 0.3) is 54.9 Å². The third-order valence-corrected chi connectivity index (χ3v) is 9.06. The molecule has 0 saturated carbocycles. The number of hydrogen-bond acceptors (Lipinski definition) is 8. The van der Waals surface area contributed by atoms with Gasteiger partial charge in [0.05, 0.1) is 42.3 Å². The van der Waals surface area contributed by atoms with Gasteiger partial charge in [-0.25, -0.2) is 13.8 Å². The van der Waals surface area contributed by atoms with Crippen LogP contribution in [0.1, 0.15) is 18.7 Å². The highest BCUT2D eigenvalue weighted by molar-refractivity contribution is 7.18. The molecule has 5 aromatic heterocycles. The summed E-state index contributed by atoms with van der Waals surface area (Å²) in [7, 11) is 3.35. The number of aryl methyl sites for hydroxylation is 1. The smallest absolute Gasteiger partial charge is 0.246 e. The second kappa shape index (κ2) is 11.7. The molecule has 10 nitrogen and oxygen atoms in total. The molecule has 1 aliphatic heterocycles. The van der Waals surface area contributed by atoms with E-state index in [0.29, 0.717) is 46.0 Å².